The van der Waals surface area contributed by atoms with Crippen LogP contribution in [0.5, 0.6) is 0 Å². The van der Waals surface area contributed by atoms with E-state index in [1.807, 2.05) is 13.8 Å². The summed E-state index contributed by atoms with van der Waals surface area (Å²) in [6, 6.07) is 0. The fourth-order valence-corrected chi connectivity index (χ4v) is 0.903. The van der Waals surface area contributed by atoms with Crippen LogP contribution in [-0.2, 0) is 9.53 Å². The largest absolute Gasteiger partial charge is 0.469 e. The minimum absolute atomic E-state index is 0.0871. The van der Waals surface area contributed by atoms with Crippen molar-refractivity contribution in [3.63, 3.8) is 0 Å². The Bertz CT molecular complexity index is 131. The van der Waals surface area contributed by atoms with Crippen LogP contribution in [0.2, 0.25) is 0 Å². The molecule has 0 saturated heterocycles. The van der Waals surface area contributed by atoms with Gasteiger partial charge < -0.3 is 9.84 Å². The van der Waals surface area contributed by atoms with E-state index in [-0.39, 0.29) is 11.9 Å². The lowest BCUT2D eigenvalue weighted by molar-refractivity contribution is -0.149. The van der Waals surface area contributed by atoms with Gasteiger partial charge in [0.1, 0.15) is 0 Å². The maximum atomic E-state index is 10.9. The van der Waals surface area contributed by atoms with Crippen molar-refractivity contribution < 1.29 is 14.6 Å². The third kappa shape index (κ3) is 2.89. The highest BCUT2D eigenvalue weighted by molar-refractivity contribution is 5.72. The molecule has 0 unspecified atom stereocenters. The first-order valence-corrected chi connectivity index (χ1v) is 3.76. The van der Waals surface area contributed by atoms with E-state index in [2.05, 4.69) is 4.74 Å². The Hall–Kier alpha value is -0.570. The van der Waals surface area contributed by atoms with E-state index in [1.165, 1.54) is 7.11 Å². The lowest BCUT2D eigenvalue weighted by atomic mass is 9.95. The number of methoxy groups -OCH3 is 1. The van der Waals surface area contributed by atoms with E-state index < -0.39 is 12.0 Å². The van der Waals surface area contributed by atoms with E-state index in [9.17, 15) is 9.90 Å². The van der Waals surface area contributed by atoms with Gasteiger partial charge in [-0.3, -0.25) is 4.79 Å². The van der Waals surface area contributed by atoms with Gasteiger partial charge in [-0.25, -0.2) is 0 Å². The SMILES string of the molecule is COC(=O)[C@H](C)[C@@H](O)C(C)C. The first-order chi connectivity index (χ1) is 5.00. The molecule has 0 aliphatic carbocycles. The Morgan fingerprint density at radius 3 is 2.09 bits per heavy atom. The molecule has 0 heterocycles. The summed E-state index contributed by atoms with van der Waals surface area (Å²) in [4.78, 5) is 10.9. The molecule has 0 bridgehead atoms. The first-order valence-electron chi connectivity index (χ1n) is 3.76. The van der Waals surface area contributed by atoms with Gasteiger partial charge in [-0.05, 0) is 12.8 Å². The average molecular weight is 160 g/mol. The molecule has 11 heavy (non-hydrogen) atoms. The van der Waals surface area contributed by atoms with Gasteiger partial charge in [-0.2, -0.15) is 0 Å². The number of aliphatic hydroxyl groups is 1. The molecular weight excluding hydrogens is 144 g/mol. The van der Waals surface area contributed by atoms with Gasteiger partial charge in [0.15, 0.2) is 0 Å². The fourth-order valence-electron chi connectivity index (χ4n) is 0.903. The third-order valence-corrected chi connectivity index (χ3v) is 1.77. The number of carbonyl (C=O) groups excluding carboxylic acids is 1. The Labute approximate surface area is 67.4 Å². The molecule has 0 radical (unpaired) electrons. The highest BCUT2D eigenvalue weighted by Gasteiger charge is 2.24. The maximum Gasteiger partial charge on any atom is 0.311 e. The second-order valence-electron chi connectivity index (χ2n) is 3.05. The molecule has 2 atom stereocenters. The number of carbonyl (C=O) groups is 1. The summed E-state index contributed by atoms with van der Waals surface area (Å²) in [7, 11) is 1.33. The lowest BCUT2D eigenvalue weighted by Crippen LogP contribution is -2.30. The third-order valence-electron chi connectivity index (χ3n) is 1.77. The summed E-state index contributed by atoms with van der Waals surface area (Å²) in [6.07, 6.45) is -0.609. The summed E-state index contributed by atoms with van der Waals surface area (Å²) in [5, 5.41) is 9.40. The number of hydrogen-bond donors (Lipinski definition) is 1. The minimum atomic E-state index is -0.609. The van der Waals surface area contributed by atoms with Gasteiger partial charge in [0, 0.05) is 0 Å². The van der Waals surface area contributed by atoms with Crippen LogP contribution in [0.3, 0.4) is 0 Å². The van der Waals surface area contributed by atoms with Crippen molar-refractivity contribution in [3.05, 3.63) is 0 Å². The van der Waals surface area contributed by atoms with Crippen LogP contribution in [0.15, 0.2) is 0 Å². The molecule has 0 aromatic rings. The van der Waals surface area contributed by atoms with E-state index in [0.29, 0.717) is 0 Å². The summed E-state index contributed by atoms with van der Waals surface area (Å²) >= 11 is 0. The van der Waals surface area contributed by atoms with Gasteiger partial charge in [-0.1, -0.05) is 13.8 Å². The molecule has 0 rings (SSSR count). The lowest BCUT2D eigenvalue weighted by Gasteiger charge is -2.19. The maximum absolute atomic E-state index is 10.9. The molecule has 0 fully saturated rings. The number of hydrogen-bond acceptors (Lipinski definition) is 3. The summed E-state index contributed by atoms with van der Waals surface area (Å²) < 4.78 is 4.48. The zero-order valence-corrected chi connectivity index (χ0v) is 7.50. The number of aliphatic hydroxyl groups excluding tert-OH is 1. The molecule has 0 saturated carbocycles. The van der Waals surface area contributed by atoms with Crippen molar-refractivity contribution in [1.82, 2.24) is 0 Å². The van der Waals surface area contributed by atoms with Crippen molar-refractivity contribution >= 4 is 5.97 Å². The van der Waals surface area contributed by atoms with E-state index in [0.717, 1.165) is 0 Å². The summed E-state index contributed by atoms with van der Waals surface area (Å²) in [6.45, 7) is 5.39. The number of rotatable bonds is 3. The zero-order valence-electron chi connectivity index (χ0n) is 7.50. The molecule has 3 heteroatoms. The second kappa shape index (κ2) is 4.34. The monoisotopic (exact) mass is 160 g/mol. The minimum Gasteiger partial charge on any atom is -0.469 e. The van der Waals surface area contributed by atoms with Gasteiger partial charge in [0.05, 0.1) is 19.1 Å². The molecule has 1 N–H and O–H groups in total. The molecule has 66 valence electrons. The highest BCUT2D eigenvalue weighted by atomic mass is 16.5. The molecule has 0 aromatic heterocycles. The summed E-state index contributed by atoms with van der Waals surface area (Å²) in [5.41, 5.74) is 0. The van der Waals surface area contributed by atoms with Crippen LogP contribution < -0.4 is 0 Å². The summed E-state index contributed by atoms with van der Waals surface area (Å²) in [5.74, 6) is -0.699. The van der Waals surface area contributed by atoms with E-state index in [4.69, 9.17) is 0 Å². The van der Waals surface area contributed by atoms with Crippen LogP contribution in [0, 0.1) is 11.8 Å². The van der Waals surface area contributed by atoms with E-state index in [1.54, 1.807) is 6.92 Å². The molecule has 0 spiro atoms. The average Bonchev–Trinajstić information content (AvgIpc) is 2.00. The Morgan fingerprint density at radius 2 is 1.82 bits per heavy atom. The van der Waals surface area contributed by atoms with Crippen LogP contribution in [0.1, 0.15) is 20.8 Å². The topological polar surface area (TPSA) is 46.5 Å². The van der Waals surface area contributed by atoms with Gasteiger partial charge >= 0.3 is 5.97 Å². The first kappa shape index (κ1) is 10.4. The van der Waals surface area contributed by atoms with Crippen LogP contribution in [0.4, 0.5) is 0 Å². The highest BCUT2D eigenvalue weighted by Crippen LogP contribution is 2.13. The quantitative estimate of drug-likeness (QED) is 0.621. The van der Waals surface area contributed by atoms with Crippen molar-refractivity contribution in [2.75, 3.05) is 7.11 Å². The predicted octanol–water partition coefficient (Wildman–Crippen LogP) is 0.812. The zero-order chi connectivity index (χ0) is 9.02. The number of ether oxygens (including phenoxy) is 1. The van der Waals surface area contributed by atoms with Crippen molar-refractivity contribution in [2.45, 2.75) is 26.9 Å². The van der Waals surface area contributed by atoms with Crippen LogP contribution in [0.25, 0.3) is 0 Å². The van der Waals surface area contributed by atoms with E-state index >= 15 is 0 Å². The van der Waals surface area contributed by atoms with Crippen molar-refractivity contribution in [3.8, 4) is 0 Å². The molecule has 0 aliphatic heterocycles. The fraction of sp³-hybridized carbons (Fsp3) is 0.875. The Balaban J connectivity index is 4.01. The molecule has 0 aromatic carbocycles. The normalized spacial score (nSPS) is 16.2. The van der Waals surface area contributed by atoms with Crippen LogP contribution in [-0.4, -0.2) is 24.3 Å². The van der Waals surface area contributed by atoms with Gasteiger partial charge in [0.2, 0.25) is 0 Å². The van der Waals surface area contributed by atoms with Crippen molar-refractivity contribution in [2.24, 2.45) is 11.8 Å². The number of esters is 1. The molecular formula is C8H16O3. The Kier molecular flexibility index (Phi) is 4.11. The standard InChI is InChI=1S/C8H16O3/c1-5(2)7(9)6(3)8(10)11-4/h5-7,9H,1-4H3/t6-,7+/m1/s1. The second-order valence-corrected chi connectivity index (χ2v) is 3.05. The van der Waals surface area contributed by atoms with Crippen molar-refractivity contribution in [1.29, 1.82) is 0 Å². The molecule has 3 nitrogen and oxygen atoms in total. The molecule has 0 aliphatic rings. The smallest absolute Gasteiger partial charge is 0.311 e. The Morgan fingerprint density at radius 1 is 1.36 bits per heavy atom. The predicted molar refractivity (Wildman–Crippen MR) is 42.0 cm³/mol. The van der Waals surface area contributed by atoms with Crippen LogP contribution >= 0.6 is 0 Å². The molecule has 0 amide bonds. The van der Waals surface area contributed by atoms with Gasteiger partial charge in [0.25, 0.3) is 0 Å². The van der Waals surface area contributed by atoms with Gasteiger partial charge in [-0.15, -0.1) is 0 Å².